The first kappa shape index (κ1) is 5.66. The maximum atomic E-state index is 12.8. The summed E-state index contributed by atoms with van der Waals surface area (Å²) in [6.45, 7) is 1.80. The maximum absolute atomic E-state index is 12.8. The molecule has 1 saturated carbocycles. The fourth-order valence-electron chi connectivity index (χ4n) is 1.83. The van der Waals surface area contributed by atoms with Crippen LogP contribution in [-0.2, 0) is 0 Å². The van der Waals surface area contributed by atoms with Gasteiger partial charge in [-0.2, -0.15) is 0 Å². The summed E-state index contributed by atoms with van der Waals surface area (Å²) in [5, 5.41) is 0. The Balaban J connectivity index is 1.99. The van der Waals surface area contributed by atoms with E-state index in [1.54, 1.807) is 0 Å². The van der Waals surface area contributed by atoms with Crippen LogP contribution in [0, 0.1) is 11.8 Å². The van der Waals surface area contributed by atoms with Gasteiger partial charge in [-0.05, 0) is 25.3 Å². The molecule has 0 bridgehead atoms. The molecule has 1 aliphatic carbocycles. The molecular formula is C7H12FN. The molecule has 52 valence electrons. The number of nitrogens with zero attached hydrogens (tertiary/aromatic N) is 1. The molecular weight excluding hydrogens is 117 g/mol. The number of piperidine rings is 1. The van der Waals surface area contributed by atoms with Crippen LogP contribution in [0.5, 0.6) is 0 Å². The smallest absolute Gasteiger partial charge is 0.116 e. The Morgan fingerprint density at radius 1 is 1.44 bits per heavy atom. The molecule has 1 nitrogen and oxygen atoms in total. The molecule has 2 aliphatic rings. The van der Waals surface area contributed by atoms with E-state index in [0.29, 0.717) is 18.4 Å². The van der Waals surface area contributed by atoms with Gasteiger partial charge in [-0.25, -0.2) is 4.39 Å². The van der Waals surface area contributed by atoms with Crippen molar-refractivity contribution in [1.82, 2.24) is 4.90 Å². The van der Waals surface area contributed by atoms with Crippen molar-refractivity contribution in [2.24, 2.45) is 11.8 Å². The minimum absolute atomic E-state index is 0.446. The van der Waals surface area contributed by atoms with Crippen molar-refractivity contribution in [3.05, 3.63) is 0 Å². The van der Waals surface area contributed by atoms with E-state index >= 15 is 0 Å². The third-order valence-electron chi connectivity index (χ3n) is 2.47. The van der Waals surface area contributed by atoms with Gasteiger partial charge < -0.3 is 4.90 Å². The van der Waals surface area contributed by atoms with Crippen LogP contribution < -0.4 is 0 Å². The quantitative estimate of drug-likeness (QED) is 0.470. The molecule has 0 amide bonds. The second-order valence-corrected chi connectivity index (χ2v) is 3.40. The Labute approximate surface area is 54.8 Å². The Morgan fingerprint density at radius 2 is 2.22 bits per heavy atom. The van der Waals surface area contributed by atoms with Crippen LogP contribution >= 0.6 is 0 Å². The summed E-state index contributed by atoms with van der Waals surface area (Å²) in [5.41, 5.74) is 0. The van der Waals surface area contributed by atoms with Gasteiger partial charge in [0.15, 0.2) is 0 Å². The lowest BCUT2D eigenvalue weighted by molar-refractivity contribution is 0.152. The van der Waals surface area contributed by atoms with Gasteiger partial charge in [0.2, 0.25) is 0 Å². The molecule has 1 heterocycles. The minimum atomic E-state index is -0.520. The molecule has 0 aromatic heterocycles. The molecule has 0 aromatic carbocycles. The van der Waals surface area contributed by atoms with E-state index in [4.69, 9.17) is 0 Å². The van der Waals surface area contributed by atoms with Crippen molar-refractivity contribution in [3.63, 3.8) is 0 Å². The van der Waals surface area contributed by atoms with Crippen LogP contribution in [0.25, 0.3) is 0 Å². The van der Waals surface area contributed by atoms with E-state index in [2.05, 4.69) is 4.90 Å². The highest BCUT2D eigenvalue weighted by molar-refractivity contribution is 4.97. The van der Waals surface area contributed by atoms with Gasteiger partial charge >= 0.3 is 0 Å². The van der Waals surface area contributed by atoms with E-state index in [1.165, 1.54) is 0 Å². The molecule has 9 heavy (non-hydrogen) atoms. The summed E-state index contributed by atoms with van der Waals surface area (Å²) in [6, 6.07) is 0. The normalized spacial score (nSPS) is 50.7. The Kier molecular flexibility index (Phi) is 1.06. The molecule has 2 rings (SSSR count). The van der Waals surface area contributed by atoms with Gasteiger partial charge in [0.05, 0.1) is 0 Å². The third kappa shape index (κ3) is 0.855. The second kappa shape index (κ2) is 1.69. The molecule has 2 heteroatoms. The molecule has 2 fully saturated rings. The lowest BCUT2D eigenvalue weighted by Crippen LogP contribution is -2.35. The SMILES string of the molecule is CN1CC(F)C2CC2C1. The van der Waals surface area contributed by atoms with Crippen LogP contribution in [0.2, 0.25) is 0 Å². The van der Waals surface area contributed by atoms with Crippen molar-refractivity contribution < 1.29 is 4.39 Å². The fourth-order valence-corrected chi connectivity index (χ4v) is 1.83. The van der Waals surface area contributed by atoms with Crippen LogP contribution in [0.4, 0.5) is 4.39 Å². The number of fused-ring (bicyclic) bond motifs is 1. The third-order valence-corrected chi connectivity index (χ3v) is 2.47. The molecule has 3 unspecified atom stereocenters. The van der Waals surface area contributed by atoms with Crippen LogP contribution in [0.1, 0.15) is 6.42 Å². The lowest BCUT2D eigenvalue weighted by atomic mass is 10.1. The topological polar surface area (TPSA) is 3.24 Å². The number of alkyl halides is 1. The van der Waals surface area contributed by atoms with Crippen LogP contribution in [0.3, 0.4) is 0 Å². The zero-order valence-corrected chi connectivity index (χ0v) is 5.68. The molecule has 0 aromatic rings. The Hall–Kier alpha value is -0.110. The van der Waals surface area contributed by atoms with Gasteiger partial charge in [0, 0.05) is 13.1 Å². The molecule has 3 atom stereocenters. The average molecular weight is 129 g/mol. The van der Waals surface area contributed by atoms with E-state index in [1.807, 2.05) is 7.05 Å². The standard InChI is InChI=1S/C7H12FN/c1-9-3-5-2-6(5)7(8)4-9/h5-7H,2-4H2,1H3. The van der Waals surface area contributed by atoms with Gasteiger partial charge in [-0.3, -0.25) is 0 Å². The predicted molar refractivity (Wildman–Crippen MR) is 34.0 cm³/mol. The van der Waals surface area contributed by atoms with Crippen LogP contribution in [-0.4, -0.2) is 31.2 Å². The lowest BCUT2D eigenvalue weighted by Gasteiger charge is -2.23. The zero-order chi connectivity index (χ0) is 6.43. The van der Waals surface area contributed by atoms with Crippen molar-refractivity contribution >= 4 is 0 Å². The molecule has 0 N–H and O–H groups in total. The van der Waals surface area contributed by atoms with Gasteiger partial charge in [0.25, 0.3) is 0 Å². The van der Waals surface area contributed by atoms with Gasteiger partial charge in [-0.1, -0.05) is 0 Å². The number of halogens is 1. The highest BCUT2D eigenvalue weighted by Gasteiger charge is 2.47. The largest absolute Gasteiger partial charge is 0.303 e. The summed E-state index contributed by atoms with van der Waals surface area (Å²) >= 11 is 0. The molecule has 0 spiro atoms. The summed E-state index contributed by atoms with van der Waals surface area (Å²) in [4.78, 5) is 2.10. The van der Waals surface area contributed by atoms with Crippen molar-refractivity contribution in [1.29, 1.82) is 0 Å². The summed E-state index contributed by atoms with van der Waals surface area (Å²) in [7, 11) is 2.00. The van der Waals surface area contributed by atoms with Gasteiger partial charge in [0.1, 0.15) is 6.17 Å². The Morgan fingerprint density at radius 3 is 2.89 bits per heavy atom. The molecule has 1 aliphatic heterocycles. The van der Waals surface area contributed by atoms with E-state index < -0.39 is 6.17 Å². The summed E-state index contributed by atoms with van der Waals surface area (Å²) in [6.07, 6.45) is 0.625. The van der Waals surface area contributed by atoms with Crippen molar-refractivity contribution in [2.75, 3.05) is 20.1 Å². The van der Waals surface area contributed by atoms with E-state index in [9.17, 15) is 4.39 Å². The first-order valence-electron chi connectivity index (χ1n) is 3.60. The monoisotopic (exact) mass is 129 g/mol. The highest BCUT2D eigenvalue weighted by atomic mass is 19.1. The number of hydrogen-bond donors (Lipinski definition) is 0. The molecule has 0 radical (unpaired) electrons. The maximum Gasteiger partial charge on any atom is 0.116 e. The first-order chi connectivity index (χ1) is 4.27. The average Bonchev–Trinajstić information content (AvgIpc) is 2.43. The second-order valence-electron chi connectivity index (χ2n) is 3.40. The predicted octanol–water partition coefficient (Wildman–Crippen LogP) is 0.906. The highest BCUT2D eigenvalue weighted by Crippen LogP contribution is 2.45. The van der Waals surface area contributed by atoms with Crippen LogP contribution in [0.15, 0.2) is 0 Å². The number of rotatable bonds is 0. The summed E-state index contributed by atoms with van der Waals surface area (Å²) < 4.78 is 12.8. The van der Waals surface area contributed by atoms with E-state index in [0.717, 1.165) is 13.0 Å². The zero-order valence-electron chi connectivity index (χ0n) is 5.68. The molecule has 1 saturated heterocycles. The number of likely N-dealkylation sites (tertiary alicyclic amines) is 1. The van der Waals surface area contributed by atoms with E-state index in [-0.39, 0.29) is 0 Å². The minimum Gasteiger partial charge on any atom is -0.303 e. The van der Waals surface area contributed by atoms with Crippen molar-refractivity contribution in [2.45, 2.75) is 12.6 Å². The summed E-state index contributed by atoms with van der Waals surface area (Å²) in [5.74, 6) is 1.15. The fraction of sp³-hybridized carbons (Fsp3) is 1.00. The van der Waals surface area contributed by atoms with Crippen molar-refractivity contribution in [3.8, 4) is 0 Å². The first-order valence-corrected chi connectivity index (χ1v) is 3.60. The Bertz CT molecular complexity index is 126. The van der Waals surface area contributed by atoms with Gasteiger partial charge in [-0.15, -0.1) is 0 Å². The number of hydrogen-bond acceptors (Lipinski definition) is 1.